The van der Waals surface area contributed by atoms with Crippen molar-refractivity contribution in [2.45, 2.75) is 32.2 Å². The summed E-state index contributed by atoms with van der Waals surface area (Å²) in [5, 5.41) is 0. The molecule has 0 radical (unpaired) electrons. The van der Waals surface area contributed by atoms with Crippen LogP contribution in [0.4, 0.5) is 11.5 Å². The summed E-state index contributed by atoms with van der Waals surface area (Å²) in [6.45, 7) is 3.70. The molecular formula is C25H27N7. The number of amidine groups is 1. The highest BCUT2D eigenvalue weighted by Crippen LogP contribution is 2.32. The molecule has 0 spiro atoms. The smallest absolute Gasteiger partial charge is 0.147 e. The summed E-state index contributed by atoms with van der Waals surface area (Å²) >= 11 is 0. The van der Waals surface area contributed by atoms with Gasteiger partial charge in [0.25, 0.3) is 0 Å². The lowest BCUT2D eigenvalue weighted by atomic mass is 10.0. The zero-order valence-electron chi connectivity index (χ0n) is 18.2. The van der Waals surface area contributed by atoms with Crippen molar-refractivity contribution >= 4 is 34.6 Å². The molecule has 162 valence electrons. The monoisotopic (exact) mass is 425 g/mol. The molecule has 1 saturated heterocycles. The van der Waals surface area contributed by atoms with Gasteiger partial charge in [0.05, 0.1) is 29.0 Å². The Kier molecular flexibility index (Phi) is 5.31. The maximum Gasteiger partial charge on any atom is 0.147 e. The third kappa shape index (κ3) is 4.19. The number of fused-ring (bicyclic) bond motifs is 2. The van der Waals surface area contributed by atoms with Gasteiger partial charge in [-0.2, -0.15) is 0 Å². The van der Waals surface area contributed by atoms with Gasteiger partial charge in [-0.3, -0.25) is 9.98 Å². The molecule has 2 aliphatic rings. The molecule has 3 aromatic rings. The summed E-state index contributed by atoms with van der Waals surface area (Å²) in [5.74, 6) is 1.59. The zero-order chi connectivity index (χ0) is 22.1. The van der Waals surface area contributed by atoms with E-state index in [9.17, 15) is 0 Å². The van der Waals surface area contributed by atoms with E-state index in [1.54, 1.807) is 0 Å². The van der Waals surface area contributed by atoms with Gasteiger partial charge in [0.1, 0.15) is 11.7 Å². The SMILES string of the molecule is C/C(N)=C/C=NC1CCN(c2cnc3ccc(-c4ccc5c(c4)N=C(N)C5)cc3n2)CC1. The average Bonchev–Trinajstić information content (AvgIpc) is 3.18. The molecule has 2 aliphatic heterocycles. The van der Waals surface area contributed by atoms with E-state index in [1.165, 1.54) is 5.56 Å². The lowest BCUT2D eigenvalue weighted by Crippen LogP contribution is -2.35. The molecule has 7 heteroatoms. The van der Waals surface area contributed by atoms with E-state index >= 15 is 0 Å². The maximum atomic E-state index is 5.89. The number of nitrogens with zero attached hydrogens (tertiary/aromatic N) is 5. The van der Waals surface area contributed by atoms with Gasteiger partial charge in [-0.25, -0.2) is 9.98 Å². The normalized spacial score (nSPS) is 17.2. The van der Waals surface area contributed by atoms with Crippen LogP contribution in [0.2, 0.25) is 0 Å². The highest BCUT2D eigenvalue weighted by atomic mass is 15.2. The summed E-state index contributed by atoms with van der Waals surface area (Å²) in [5.41, 5.74) is 18.5. The summed E-state index contributed by atoms with van der Waals surface area (Å²) in [4.78, 5) is 20.9. The van der Waals surface area contributed by atoms with Crippen LogP contribution in [0, 0.1) is 0 Å². The molecule has 5 rings (SSSR count). The van der Waals surface area contributed by atoms with Crippen LogP contribution in [0.5, 0.6) is 0 Å². The largest absolute Gasteiger partial charge is 0.402 e. The summed E-state index contributed by atoms with van der Waals surface area (Å²) in [7, 11) is 0. The van der Waals surface area contributed by atoms with Crippen molar-refractivity contribution in [3.05, 3.63) is 59.9 Å². The fourth-order valence-electron chi connectivity index (χ4n) is 4.25. The Morgan fingerprint density at radius 2 is 1.88 bits per heavy atom. The molecule has 0 atom stereocenters. The third-order valence-corrected chi connectivity index (χ3v) is 6.01. The Hall–Kier alpha value is -3.74. The molecule has 3 heterocycles. The van der Waals surface area contributed by atoms with Gasteiger partial charge in [0.15, 0.2) is 0 Å². The number of allylic oxidation sites excluding steroid dienone is 2. The first kappa shape index (κ1) is 20.2. The number of rotatable bonds is 4. The summed E-state index contributed by atoms with van der Waals surface area (Å²) in [6, 6.07) is 12.9. The molecule has 7 nitrogen and oxygen atoms in total. The Labute approximate surface area is 187 Å². The number of hydrogen-bond donors (Lipinski definition) is 2. The molecule has 1 fully saturated rings. The third-order valence-electron chi connectivity index (χ3n) is 6.01. The van der Waals surface area contributed by atoms with Gasteiger partial charge < -0.3 is 16.4 Å². The molecule has 0 amide bonds. The molecule has 1 aromatic heterocycles. The molecular weight excluding hydrogens is 398 g/mol. The van der Waals surface area contributed by atoms with Gasteiger partial charge in [0.2, 0.25) is 0 Å². The second kappa shape index (κ2) is 8.42. The first-order chi connectivity index (χ1) is 15.5. The number of anilines is 1. The summed E-state index contributed by atoms with van der Waals surface area (Å²) in [6.07, 6.45) is 8.26. The number of piperidine rings is 1. The van der Waals surface area contributed by atoms with Gasteiger partial charge in [-0.1, -0.05) is 18.2 Å². The van der Waals surface area contributed by atoms with E-state index in [1.807, 2.05) is 31.5 Å². The van der Waals surface area contributed by atoms with E-state index in [2.05, 4.69) is 50.2 Å². The van der Waals surface area contributed by atoms with Gasteiger partial charge in [-0.15, -0.1) is 0 Å². The molecule has 32 heavy (non-hydrogen) atoms. The molecule has 0 aliphatic carbocycles. The van der Waals surface area contributed by atoms with Crippen molar-refractivity contribution in [3.8, 4) is 11.1 Å². The topological polar surface area (TPSA) is 106 Å². The van der Waals surface area contributed by atoms with Crippen molar-refractivity contribution < 1.29 is 0 Å². The van der Waals surface area contributed by atoms with Crippen LogP contribution in [0.3, 0.4) is 0 Å². The Bertz CT molecular complexity index is 1250. The average molecular weight is 426 g/mol. The van der Waals surface area contributed by atoms with Crippen LogP contribution in [0.15, 0.2) is 64.4 Å². The van der Waals surface area contributed by atoms with Crippen LogP contribution in [0.1, 0.15) is 25.3 Å². The number of aliphatic imine (C=N–C) groups is 2. The van der Waals surface area contributed by atoms with Gasteiger partial charge in [0, 0.05) is 31.4 Å². The predicted octanol–water partition coefficient (Wildman–Crippen LogP) is 3.74. The van der Waals surface area contributed by atoms with Gasteiger partial charge >= 0.3 is 0 Å². The highest BCUT2D eigenvalue weighted by molar-refractivity contribution is 5.92. The van der Waals surface area contributed by atoms with Crippen molar-refractivity contribution in [1.82, 2.24) is 9.97 Å². The Morgan fingerprint density at radius 1 is 1.09 bits per heavy atom. The van der Waals surface area contributed by atoms with E-state index in [4.69, 9.17) is 16.5 Å². The van der Waals surface area contributed by atoms with Crippen molar-refractivity contribution in [2.75, 3.05) is 18.0 Å². The van der Waals surface area contributed by atoms with Crippen LogP contribution in [-0.2, 0) is 6.42 Å². The number of aromatic nitrogens is 2. The van der Waals surface area contributed by atoms with E-state index < -0.39 is 0 Å². The van der Waals surface area contributed by atoms with E-state index in [0.29, 0.717) is 11.9 Å². The second-order valence-corrected chi connectivity index (χ2v) is 8.48. The van der Waals surface area contributed by atoms with Crippen LogP contribution >= 0.6 is 0 Å². The maximum absolute atomic E-state index is 5.89. The minimum atomic E-state index is 0.332. The predicted molar refractivity (Wildman–Crippen MR) is 132 cm³/mol. The molecule has 0 saturated carbocycles. The molecule has 4 N–H and O–H groups in total. The minimum Gasteiger partial charge on any atom is -0.402 e. The van der Waals surface area contributed by atoms with Crippen molar-refractivity contribution in [3.63, 3.8) is 0 Å². The highest BCUT2D eigenvalue weighted by Gasteiger charge is 2.20. The second-order valence-electron chi connectivity index (χ2n) is 8.48. The van der Waals surface area contributed by atoms with Crippen molar-refractivity contribution in [1.29, 1.82) is 0 Å². The zero-order valence-corrected chi connectivity index (χ0v) is 18.2. The van der Waals surface area contributed by atoms with E-state index in [-0.39, 0.29) is 0 Å². The summed E-state index contributed by atoms with van der Waals surface area (Å²) < 4.78 is 0. The van der Waals surface area contributed by atoms with Gasteiger partial charge in [-0.05, 0) is 60.7 Å². The Morgan fingerprint density at radius 3 is 2.69 bits per heavy atom. The fraction of sp³-hybridized carbons (Fsp3) is 0.280. The lowest BCUT2D eigenvalue weighted by molar-refractivity contribution is 0.502. The number of benzene rings is 2. The van der Waals surface area contributed by atoms with E-state index in [0.717, 1.165) is 71.7 Å². The molecule has 2 aromatic carbocycles. The number of nitrogens with two attached hydrogens (primary N) is 2. The first-order valence-electron chi connectivity index (χ1n) is 11.0. The van der Waals surface area contributed by atoms with Crippen LogP contribution in [0.25, 0.3) is 22.2 Å². The lowest BCUT2D eigenvalue weighted by Gasteiger charge is -2.31. The fourth-order valence-corrected chi connectivity index (χ4v) is 4.25. The minimum absolute atomic E-state index is 0.332. The first-order valence-corrected chi connectivity index (χ1v) is 11.0. The molecule has 0 bridgehead atoms. The van der Waals surface area contributed by atoms with Crippen LogP contribution in [-0.4, -0.2) is 41.1 Å². The number of hydrogen-bond acceptors (Lipinski definition) is 7. The Balaban J connectivity index is 1.35. The molecule has 0 unspecified atom stereocenters. The quantitative estimate of drug-likeness (QED) is 0.620. The van der Waals surface area contributed by atoms with Crippen LogP contribution < -0.4 is 16.4 Å². The van der Waals surface area contributed by atoms with Crippen molar-refractivity contribution in [2.24, 2.45) is 21.5 Å². The standard InChI is InChI=1S/C25H27N7/c1-16(26)6-9-28-20-7-10-32(11-8-20)25-15-29-21-5-4-18(13-23(21)31-25)17-2-3-19-14-24(27)30-22(19)12-17/h2-6,9,12-13,15,20H,7-8,10-11,14,26H2,1H3,(H2,27,30)/b16-6-,28-9?.